The number of amides is 3. The fourth-order valence-electron chi connectivity index (χ4n) is 4.51. The molecule has 1 aliphatic heterocycles. The summed E-state index contributed by atoms with van der Waals surface area (Å²) in [6, 6.07) is 7.42. The van der Waals surface area contributed by atoms with Crippen LogP contribution in [0.5, 0.6) is 0 Å². The van der Waals surface area contributed by atoms with Crippen LogP contribution >= 0.6 is 0 Å². The number of anilines is 1. The minimum absolute atomic E-state index is 0.136. The number of hydrogen-bond acceptors (Lipinski definition) is 6. The monoisotopic (exact) mass is 515 g/mol. The molecule has 10 nitrogen and oxygen atoms in total. The number of aryl methyl sites for hydroxylation is 1. The van der Waals surface area contributed by atoms with Gasteiger partial charge in [0.2, 0.25) is 11.8 Å². The van der Waals surface area contributed by atoms with Crippen molar-refractivity contribution in [3.05, 3.63) is 72.3 Å². The number of benzene rings is 1. The summed E-state index contributed by atoms with van der Waals surface area (Å²) in [7, 11) is 1.62. The number of nitrogens with zero attached hydrogens (tertiary/aromatic N) is 6. The van der Waals surface area contributed by atoms with E-state index in [0.717, 1.165) is 22.3 Å². The van der Waals surface area contributed by atoms with Gasteiger partial charge in [0.05, 0.1) is 24.6 Å². The molecule has 1 atom stereocenters. The zero-order valence-electron chi connectivity index (χ0n) is 22.4. The molecule has 0 bridgehead atoms. The maximum Gasteiger partial charge on any atom is 0.273 e. The van der Waals surface area contributed by atoms with Crippen molar-refractivity contribution >= 4 is 23.4 Å². The normalized spacial score (nSPS) is 15.4. The maximum atomic E-state index is 13.2. The first kappa shape index (κ1) is 26.7. The molecule has 1 aromatic carbocycles. The predicted molar refractivity (Wildman–Crippen MR) is 144 cm³/mol. The van der Waals surface area contributed by atoms with Gasteiger partial charge >= 0.3 is 0 Å². The molecule has 3 heterocycles. The van der Waals surface area contributed by atoms with Crippen molar-refractivity contribution in [2.24, 2.45) is 0 Å². The average molecular weight is 516 g/mol. The van der Waals surface area contributed by atoms with E-state index in [1.54, 1.807) is 35.2 Å². The van der Waals surface area contributed by atoms with Crippen LogP contribution in [0.1, 0.15) is 48.8 Å². The molecular weight excluding hydrogens is 482 g/mol. The lowest BCUT2D eigenvalue weighted by Crippen LogP contribution is -2.42. The van der Waals surface area contributed by atoms with Crippen LogP contribution in [0.15, 0.2) is 55.5 Å². The van der Waals surface area contributed by atoms with E-state index in [4.69, 9.17) is 0 Å². The van der Waals surface area contributed by atoms with E-state index in [1.807, 2.05) is 45.9 Å². The van der Waals surface area contributed by atoms with Crippen LogP contribution in [-0.4, -0.2) is 67.8 Å². The van der Waals surface area contributed by atoms with E-state index >= 15 is 0 Å². The smallest absolute Gasteiger partial charge is 0.273 e. The molecule has 3 aromatic rings. The number of hydrogen-bond donors (Lipinski definition) is 1. The number of carbonyl (C=O) groups excluding carboxylic acids is 3. The summed E-state index contributed by atoms with van der Waals surface area (Å²) in [5, 5.41) is 11.0. The molecule has 0 aliphatic carbocycles. The number of likely N-dealkylation sites (N-methyl/N-ethyl adjacent to an activating group) is 1. The molecule has 198 valence electrons. The predicted octanol–water partition coefficient (Wildman–Crippen LogP) is 2.97. The summed E-state index contributed by atoms with van der Waals surface area (Å²) >= 11 is 0. The highest BCUT2D eigenvalue weighted by molar-refractivity contribution is 6.04. The second-order valence-electron chi connectivity index (χ2n) is 10.5. The molecule has 38 heavy (non-hydrogen) atoms. The van der Waals surface area contributed by atoms with Crippen LogP contribution < -0.4 is 10.2 Å². The van der Waals surface area contributed by atoms with Crippen LogP contribution in [0.2, 0.25) is 0 Å². The van der Waals surface area contributed by atoms with Gasteiger partial charge in [-0.3, -0.25) is 19.4 Å². The van der Waals surface area contributed by atoms with Crippen molar-refractivity contribution in [1.82, 2.24) is 30.2 Å². The summed E-state index contributed by atoms with van der Waals surface area (Å²) in [4.78, 5) is 45.1. The zero-order chi connectivity index (χ0) is 27.6. The van der Waals surface area contributed by atoms with Gasteiger partial charge in [0.1, 0.15) is 6.04 Å². The standard InChI is InChI=1S/C28H33N7O3/c1-7-25(36)33(6)23-11-13-35(27(23)38)24-15-29-12-10-21(24)19-8-9-20(18(2)14-19)16-34-17-22(31-32-34)26(37)30-28(3,4)5/h7-10,12,14-15,17,23H,1,11,13,16H2,2-6H3,(H,30,37). The minimum atomic E-state index is -0.532. The van der Waals surface area contributed by atoms with Crippen LogP contribution in [0, 0.1) is 6.92 Å². The summed E-state index contributed by atoms with van der Waals surface area (Å²) in [5.74, 6) is -0.681. The number of rotatable bonds is 7. The lowest BCUT2D eigenvalue weighted by atomic mass is 9.99. The third-order valence-corrected chi connectivity index (χ3v) is 6.50. The molecular formula is C28H33N7O3. The lowest BCUT2D eigenvalue weighted by Gasteiger charge is -2.24. The molecule has 4 rings (SSSR count). The Morgan fingerprint density at radius 3 is 2.71 bits per heavy atom. The third-order valence-electron chi connectivity index (χ3n) is 6.50. The number of aromatic nitrogens is 4. The molecule has 1 saturated heterocycles. The Morgan fingerprint density at radius 2 is 2.03 bits per heavy atom. The summed E-state index contributed by atoms with van der Waals surface area (Å²) in [6.45, 7) is 12.2. The van der Waals surface area contributed by atoms with Crippen LogP contribution in [0.25, 0.3) is 11.1 Å². The number of nitrogens with one attached hydrogen (secondary N) is 1. The molecule has 1 unspecified atom stereocenters. The fraction of sp³-hybridized carbons (Fsp3) is 0.357. The maximum absolute atomic E-state index is 13.2. The molecule has 0 saturated carbocycles. The highest BCUT2D eigenvalue weighted by atomic mass is 16.2. The Balaban J connectivity index is 1.54. The van der Waals surface area contributed by atoms with E-state index in [-0.39, 0.29) is 29.0 Å². The summed E-state index contributed by atoms with van der Waals surface area (Å²) in [5.41, 5.74) is 4.49. The largest absolute Gasteiger partial charge is 0.346 e. The van der Waals surface area contributed by atoms with Gasteiger partial charge in [-0.2, -0.15) is 0 Å². The number of pyridine rings is 1. The zero-order valence-corrected chi connectivity index (χ0v) is 22.4. The number of carbonyl (C=O) groups is 3. The van der Waals surface area contributed by atoms with Crippen molar-refractivity contribution in [3.63, 3.8) is 0 Å². The topological polar surface area (TPSA) is 113 Å². The first-order chi connectivity index (χ1) is 18.0. The van der Waals surface area contributed by atoms with Crippen molar-refractivity contribution in [2.45, 2.75) is 52.2 Å². The first-order valence-electron chi connectivity index (χ1n) is 12.5. The van der Waals surface area contributed by atoms with Crippen molar-refractivity contribution in [2.75, 3.05) is 18.5 Å². The van der Waals surface area contributed by atoms with Crippen molar-refractivity contribution in [1.29, 1.82) is 0 Å². The first-order valence-corrected chi connectivity index (χ1v) is 12.5. The van der Waals surface area contributed by atoms with E-state index in [2.05, 4.69) is 33.3 Å². The molecule has 3 amide bonds. The van der Waals surface area contributed by atoms with Gasteiger partial charge in [-0.05, 0) is 62.9 Å². The Bertz CT molecular complexity index is 1390. The highest BCUT2D eigenvalue weighted by Gasteiger charge is 2.37. The van der Waals surface area contributed by atoms with Gasteiger partial charge in [-0.15, -0.1) is 5.10 Å². The van der Waals surface area contributed by atoms with Crippen molar-refractivity contribution < 1.29 is 14.4 Å². The van der Waals surface area contributed by atoms with Crippen molar-refractivity contribution in [3.8, 4) is 11.1 Å². The summed E-state index contributed by atoms with van der Waals surface area (Å²) < 4.78 is 1.64. The lowest BCUT2D eigenvalue weighted by molar-refractivity contribution is -0.132. The third kappa shape index (κ3) is 5.64. The Labute approximate surface area is 222 Å². The fourth-order valence-corrected chi connectivity index (χ4v) is 4.51. The van der Waals surface area contributed by atoms with Gasteiger partial charge in [0.25, 0.3) is 5.91 Å². The quantitative estimate of drug-likeness (QED) is 0.484. The summed E-state index contributed by atoms with van der Waals surface area (Å²) in [6.07, 6.45) is 6.78. The molecule has 10 heteroatoms. The second kappa shape index (κ2) is 10.6. The average Bonchev–Trinajstić information content (AvgIpc) is 3.50. The molecule has 0 spiro atoms. The second-order valence-corrected chi connectivity index (χ2v) is 10.5. The molecule has 0 radical (unpaired) electrons. The van der Waals surface area contributed by atoms with Gasteiger partial charge in [-0.25, -0.2) is 4.68 Å². The highest BCUT2D eigenvalue weighted by Crippen LogP contribution is 2.34. The van der Waals surface area contributed by atoms with Gasteiger partial charge in [-0.1, -0.05) is 30.0 Å². The van der Waals surface area contributed by atoms with E-state index in [9.17, 15) is 14.4 Å². The van der Waals surface area contributed by atoms with E-state index in [0.29, 0.717) is 25.2 Å². The van der Waals surface area contributed by atoms with Crippen LogP contribution in [0.4, 0.5) is 5.69 Å². The van der Waals surface area contributed by atoms with Crippen LogP contribution in [-0.2, 0) is 16.1 Å². The van der Waals surface area contributed by atoms with Crippen LogP contribution in [0.3, 0.4) is 0 Å². The van der Waals surface area contributed by atoms with Gasteiger partial charge in [0, 0.05) is 30.9 Å². The van der Waals surface area contributed by atoms with Gasteiger partial charge < -0.3 is 15.1 Å². The Hall–Kier alpha value is -4.34. The van der Waals surface area contributed by atoms with E-state index in [1.165, 1.54) is 11.0 Å². The molecule has 1 aliphatic rings. The Morgan fingerprint density at radius 1 is 1.26 bits per heavy atom. The minimum Gasteiger partial charge on any atom is -0.346 e. The SMILES string of the molecule is C=CC(=O)N(C)C1CCN(c2cnccc2-c2ccc(Cn3cc(C(=O)NC(C)(C)C)nn3)c(C)c2)C1=O. The molecule has 1 fully saturated rings. The molecule has 1 N–H and O–H groups in total. The Kier molecular flexibility index (Phi) is 7.43. The molecule has 2 aromatic heterocycles. The van der Waals surface area contributed by atoms with E-state index < -0.39 is 6.04 Å². The van der Waals surface area contributed by atoms with Gasteiger partial charge in [0.15, 0.2) is 5.69 Å².